The summed E-state index contributed by atoms with van der Waals surface area (Å²) in [4.78, 5) is 14.3. The Bertz CT molecular complexity index is 500. The minimum absolute atomic E-state index is 0.0734. The molecule has 2 heterocycles. The van der Waals surface area contributed by atoms with Crippen LogP contribution in [-0.2, 0) is 10.8 Å². The summed E-state index contributed by atoms with van der Waals surface area (Å²) in [6.07, 6.45) is 4.31. The van der Waals surface area contributed by atoms with Crippen LogP contribution < -0.4 is 0 Å². The van der Waals surface area contributed by atoms with Gasteiger partial charge in [0, 0.05) is 52.1 Å². The van der Waals surface area contributed by atoms with Crippen molar-refractivity contribution in [2.75, 3.05) is 24.6 Å². The molecule has 18 heavy (non-hydrogen) atoms. The number of carbonyl (C=O) groups is 1. The molecule has 1 aliphatic carbocycles. The fraction of sp³-hybridized carbons (Fsp3) is 0.583. The van der Waals surface area contributed by atoms with Gasteiger partial charge in [0.05, 0.1) is 0 Å². The molecule has 1 aromatic heterocycles. The first-order valence-electron chi connectivity index (χ1n) is 6.17. The van der Waals surface area contributed by atoms with Crippen LogP contribution in [0, 0.1) is 0 Å². The quantitative estimate of drug-likeness (QED) is 0.829. The molecular weight excluding hydrogens is 316 g/mol. The zero-order valence-electron chi connectivity index (χ0n) is 9.97. The molecule has 1 saturated heterocycles. The first-order valence-corrected chi connectivity index (χ1v) is 8.45. The second kappa shape index (κ2) is 4.81. The van der Waals surface area contributed by atoms with Crippen LogP contribution in [0.3, 0.4) is 0 Å². The number of aromatic nitrogens is 1. The van der Waals surface area contributed by atoms with Crippen LogP contribution in [0.25, 0.3) is 0 Å². The van der Waals surface area contributed by atoms with Gasteiger partial charge in [0.25, 0.3) is 5.91 Å². The third-order valence-electron chi connectivity index (χ3n) is 3.44. The Labute approximate surface area is 117 Å². The molecule has 0 unspecified atom stereocenters. The molecule has 0 radical (unpaired) electrons. The highest BCUT2D eigenvalue weighted by atomic mass is 79.9. The lowest BCUT2D eigenvalue weighted by atomic mass is 10.3. The number of nitrogens with zero attached hydrogens (tertiary/aromatic N) is 2. The number of rotatable bonds is 2. The molecule has 6 heteroatoms. The Balaban J connectivity index is 1.81. The van der Waals surface area contributed by atoms with E-state index in [1.807, 2.05) is 17.2 Å². The summed E-state index contributed by atoms with van der Waals surface area (Å²) < 4.78 is 14.4. The highest BCUT2D eigenvalue weighted by Crippen LogP contribution is 2.37. The van der Waals surface area contributed by atoms with E-state index in [-0.39, 0.29) is 5.91 Å². The molecule has 0 aromatic carbocycles. The van der Waals surface area contributed by atoms with Gasteiger partial charge in [0.1, 0.15) is 5.69 Å². The Morgan fingerprint density at radius 2 is 2.00 bits per heavy atom. The van der Waals surface area contributed by atoms with Crippen molar-refractivity contribution in [1.29, 1.82) is 0 Å². The summed E-state index contributed by atoms with van der Waals surface area (Å²) >= 11 is 3.44. The second-order valence-corrected chi connectivity index (χ2v) is 7.43. The first kappa shape index (κ1) is 12.4. The van der Waals surface area contributed by atoms with Gasteiger partial charge in [-0.3, -0.25) is 9.00 Å². The Hall–Kier alpha value is -0.620. The molecule has 4 nitrogen and oxygen atoms in total. The summed E-state index contributed by atoms with van der Waals surface area (Å²) in [5.41, 5.74) is 0.761. The first-order chi connectivity index (χ1) is 8.65. The van der Waals surface area contributed by atoms with Crippen molar-refractivity contribution in [3.05, 3.63) is 22.4 Å². The number of carbonyl (C=O) groups excluding carboxylic acids is 1. The van der Waals surface area contributed by atoms with Crippen molar-refractivity contribution in [3.8, 4) is 0 Å². The van der Waals surface area contributed by atoms with E-state index in [9.17, 15) is 9.00 Å². The van der Waals surface area contributed by atoms with Gasteiger partial charge >= 0.3 is 0 Å². The van der Waals surface area contributed by atoms with E-state index in [4.69, 9.17) is 0 Å². The SMILES string of the molecule is O=C(c1cc(Br)cn1C1CC1)N1CCS(=O)CC1. The van der Waals surface area contributed by atoms with Gasteiger partial charge in [-0.2, -0.15) is 0 Å². The topological polar surface area (TPSA) is 42.3 Å². The molecule has 1 amide bonds. The number of halogens is 1. The highest BCUT2D eigenvalue weighted by Gasteiger charge is 2.30. The Kier molecular flexibility index (Phi) is 3.32. The maximum atomic E-state index is 12.5. The molecule has 0 atom stereocenters. The summed E-state index contributed by atoms with van der Waals surface area (Å²) in [5, 5.41) is 0. The minimum atomic E-state index is -0.740. The summed E-state index contributed by atoms with van der Waals surface area (Å²) in [7, 11) is -0.740. The molecule has 3 rings (SSSR count). The van der Waals surface area contributed by atoms with Gasteiger partial charge < -0.3 is 9.47 Å². The fourth-order valence-corrected chi connectivity index (χ4v) is 3.76. The third kappa shape index (κ3) is 2.40. The van der Waals surface area contributed by atoms with Crippen molar-refractivity contribution in [2.24, 2.45) is 0 Å². The van der Waals surface area contributed by atoms with E-state index >= 15 is 0 Å². The Morgan fingerprint density at radius 1 is 1.33 bits per heavy atom. The van der Waals surface area contributed by atoms with Crippen LogP contribution >= 0.6 is 15.9 Å². The van der Waals surface area contributed by atoms with Crippen molar-refractivity contribution >= 4 is 32.6 Å². The smallest absolute Gasteiger partial charge is 0.270 e. The average Bonchev–Trinajstić information content (AvgIpc) is 3.13. The van der Waals surface area contributed by atoms with Gasteiger partial charge in [0.15, 0.2) is 0 Å². The number of hydrogen-bond acceptors (Lipinski definition) is 2. The molecule has 1 aliphatic heterocycles. The van der Waals surface area contributed by atoms with Crippen molar-refractivity contribution in [3.63, 3.8) is 0 Å². The van der Waals surface area contributed by atoms with Gasteiger partial charge in [-0.1, -0.05) is 0 Å². The number of amides is 1. The van der Waals surface area contributed by atoms with Crippen molar-refractivity contribution < 1.29 is 9.00 Å². The lowest BCUT2D eigenvalue weighted by Gasteiger charge is -2.26. The van der Waals surface area contributed by atoms with E-state index in [0.717, 1.165) is 23.0 Å². The van der Waals surface area contributed by atoms with Crippen molar-refractivity contribution in [2.45, 2.75) is 18.9 Å². The van der Waals surface area contributed by atoms with E-state index in [1.54, 1.807) is 0 Å². The van der Waals surface area contributed by atoms with Crippen LogP contribution in [0.5, 0.6) is 0 Å². The average molecular weight is 331 g/mol. The predicted octanol–water partition coefficient (Wildman–Crippen LogP) is 1.79. The van der Waals surface area contributed by atoms with Crippen LogP contribution in [0.15, 0.2) is 16.7 Å². The molecule has 2 fully saturated rings. The Morgan fingerprint density at radius 3 is 2.61 bits per heavy atom. The fourth-order valence-electron chi connectivity index (χ4n) is 2.27. The molecule has 1 aromatic rings. The van der Waals surface area contributed by atoms with Gasteiger partial charge in [-0.25, -0.2) is 0 Å². The highest BCUT2D eigenvalue weighted by molar-refractivity contribution is 9.10. The lowest BCUT2D eigenvalue weighted by Crippen LogP contribution is -2.42. The van der Waals surface area contributed by atoms with E-state index in [1.165, 1.54) is 0 Å². The molecule has 0 N–H and O–H groups in total. The minimum Gasteiger partial charge on any atom is -0.339 e. The largest absolute Gasteiger partial charge is 0.339 e. The maximum Gasteiger partial charge on any atom is 0.270 e. The van der Waals surface area contributed by atoms with Gasteiger partial charge in [-0.15, -0.1) is 0 Å². The normalized spacial score (nSPS) is 21.3. The van der Waals surface area contributed by atoms with Crippen molar-refractivity contribution in [1.82, 2.24) is 9.47 Å². The van der Waals surface area contributed by atoms with Crippen LogP contribution in [-0.4, -0.2) is 44.2 Å². The van der Waals surface area contributed by atoms with Crippen LogP contribution in [0.4, 0.5) is 0 Å². The summed E-state index contributed by atoms with van der Waals surface area (Å²) in [5.74, 6) is 1.29. The summed E-state index contributed by atoms with van der Waals surface area (Å²) in [6, 6.07) is 2.39. The lowest BCUT2D eigenvalue weighted by molar-refractivity contribution is 0.0760. The van der Waals surface area contributed by atoms with E-state index in [0.29, 0.717) is 30.6 Å². The molecule has 0 bridgehead atoms. The van der Waals surface area contributed by atoms with E-state index < -0.39 is 10.8 Å². The third-order valence-corrected chi connectivity index (χ3v) is 5.15. The molecule has 98 valence electrons. The molecule has 2 aliphatic rings. The zero-order chi connectivity index (χ0) is 12.7. The summed E-state index contributed by atoms with van der Waals surface area (Å²) in [6.45, 7) is 1.22. The number of hydrogen-bond donors (Lipinski definition) is 0. The maximum absolute atomic E-state index is 12.5. The zero-order valence-corrected chi connectivity index (χ0v) is 12.4. The van der Waals surface area contributed by atoms with Gasteiger partial charge in [-0.05, 0) is 34.8 Å². The predicted molar refractivity (Wildman–Crippen MR) is 74.2 cm³/mol. The molecule has 1 saturated carbocycles. The second-order valence-electron chi connectivity index (χ2n) is 4.82. The molecule has 0 spiro atoms. The standard InChI is InChI=1S/C12H15BrN2O2S/c13-9-7-11(15(8-9)10-1-2-10)12(16)14-3-5-18(17)6-4-14/h7-8,10H,1-6H2. The van der Waals surface area contributed by atoms with Crippen LogP contribution in [0.1, 0.15) is 29.4 Å². The van der Waals surface area contributed by atoms with E-state index in [2.05, 4.69) is 20.5 Å². The monoisotopic (exact) mass is 330 g/mol. The van der Waals surface area contributed by atoms with Gasteiger partial charge in [0.2, 0.25) is 0 Å². The van der Waals surface area contributed by atoms with Crippen LogP contribution in [0.2, 0.25) is 0 Å². The molecular formula is C12H15BrN2O2S.